The Morgan fingerprint density at radius 3 is 2.10 bits per heavy atom. The summed E-state index contributed by atoms with van der Waals surface area (Å²) in [6, 6.07) is 4.86. The fourth-order valence-electron chi connectivity index (χ4n) is 2.14. The molecular weight excluding hydrogens is 291 g/mol. The molecular formula is C13H12F3NO4. The average Bonchev–Trinajstić information content (AvgIpc) is 2.81. The SMILES string of the molecule is O=C(O)c1ccc(C(=O)N2CCC(O)(C(F)(F)F)C2)cc1. The van der Waals surface area contributed by atoms with Crippen molar-refractivity contribution < 1.29 is 33.0 Å². The van der Waals surface area contributed by atoms with Gasteiger partial charge in [-0.25, -0.2) is 4.79 Å². The van der Waals surface area contributed by atoms with Crippen molar-refractivity contribution in [2.24, 2.45) is 0 Å². The predicted octanol–water partition coefficient (Wildman–Crippen LogP) is 1.52. The lowest BCUT2D eigenvalue weighted by molar-refractivity contribution is -0.253. The van der Waals surface area contributed by atoms with Gasteiger partial charge in [-0.15, -0.1) is 0 Å². The third-order valence-electron chi connectivity index (χ3n) is 3.44. The van der Waals surface area contributed by atoms with Crippen LogP contribution in [0.25, 0.3) is 0 Å². The fraction of sp³-hybridized carbons (Fsp3) is 0.385. The number of carbonyl (C=O) groups excluding carboxylic acids is 1. The second-order valence-electron chi connectivity index (χ2n) is 4.89. The van der Waals surface area contributed by atoms with Crippen molar-refractivity contribution >= 4 is 11.9 Å². The van der Waals surface area contributed by atoms with Crippen LogP contribution in [0.1, 0.15) is 27.1 Å². The first kappa shape index (κ1) is 15.3. The number of hydrogen-bond acceptors (Lipinski definition) is 3. The maximum Gasteiger partial charge on any atom is 0.419 e. The molecule has 1 saturated heterocycles. The van der Waals surface area contributed by atoms with E-state index in [1.54, 1.807) is 0 Å². The van der Waals surface area contributed by atoms with Gasteiger partial charge in [0.2, 0.25) is 0 Å². The largest absolute Gasteiger partial charge is 0.478 e. The first-order valence-electron chi connectivity index (χ1n) is 6.06. The number of β-amino-alcohol motifs (C(OH)–C–C–N with tert-alkyl or cyclic N) is 1. The van der Waals surface area contributed by atoms with E-state index in [1.807, 2.05) is 0 Å². The maximum absolute atomic E-state index is 12.7. The van der Waals surface area contributed by atoms with Crippen LogP contribution in [-0.4, -0.2) is 51.9 Å². The number of likely N-dealkylation sites (tertiary alicyclic amines) is 1. The van der Waals surface area contributed by atoms with Crippen molar-refractivity contribution in [3.63, 3.8) is 0 Å². The van der Waals surface area contributed by atoms with Gasteiger partial charge in [0, 0.05) is 18.5 Å². The van der Waals surface area contributed by atoms with E-state index in [1.165, 1.54) is 24.3 Å². The van der Waals surface area contributed by atoms with Gasteiger partial charge in [-0.2, -0.15) is 13.2 Å². The molecule has 1 aliphatic rings. The Morgan fingerprint density at radius 2 is 1.67 bits per heavy atom. The van der Waals surface area contributed by atoms with Gasteiger partial charge in [-0.3, -0.25) is 4.79 Å². The molecule has 8 heteroatoms. The number of nitrogens with zero attached hydrogens (tertiary/aromatic N) is 1. The zero-order chi connectivity index (χ0) is 15.8. The highest BCUT2D eigenvalue weighted by atomic mass is 19.4. The Balaban J connectivity index is 2.13. The molecule has 0 spiro atoms. The summed E-state index contributed by atoms with van der Waals surface area (Å²) in [5.41, 5.74) is -2.84. The van der Waals surface area contributed by atoms with Crippen LogP contribution >= 0.6 is 0 Å². The number of alkyl halides is 3. The number of benzene rings is 1. The summed E-state index contributed by atoms with van der Waals surface area (Å²) in [5.74, 6) is -1.84. The Hall–Kier alpha value is -2.09. The molecule has 1 unspecified atom stereocenters. The molecule has 0 aromatic heterocycles. The van der Waals surface area contributed by atoms with E-state index in [2.05, 4.69) is 0 Å². The van der Waals surface area contributed by atoms with Crippen LogP contribution in [0.2, 0.25) is 0 Å². The summed E-state index contributed by atoms with van der Waals surface area (Å²) in [6.07, 6.45) is -5.37. The lowest BCUT2D eigenvalue weighted by atomic mass is 10.0. The molecule has 2 N–H and O–H groups in total. The molecule has 1 aromatic carbocycles. The number of amides is 1. The molecule has 0 radical (unpaired) electrons. The summed E-state index contributed by atoms with van der Waals surface area (Å²) < 4.78 is 38.0. The average molecular weight is 303 g/mol. The second-order valence-corrected chi connectivity index (χ2v) is 4.89. The van der Waals surface area contributed by atoms with Crippen LogP contribution < -0.4 is 0 Å². The van der Waals surface area contributed by atoms with E-state index in [0.29, 0.717) is 0 Å². The number of halogens is 3. The molecule has 5 nitrogen and oxygen atoms in total. The van der Waals surface area contributed by atoms with Crippen LogP contribution in [0.15, 0.2) is 24.3 Å². The van der Waals surface area contributed by atoms with E-state index < -0.39 is 36.6 Å². The third-order valence-corrected chi connectivity index (χ3v) is 3.44. The number of carbonyl (C=O) groups is 2. The molecule has 21 heavy (non-hydrogen) atoms. The van der Waals surface area contributed by atoms with Crippen molar-refractivity contribution in [2.75, 3.05) is 13.1 Å². The lowest BCUT2D eigenvalue weighted by Crippen LogP contribution is -2.48. The summed E-state index contributed by atoms with van der Waals surface area (Å²) in [5, 5.41) is 18.2. The maximum atomic E-state index is 12.7. The molecule has 1 fully saturated rings. The molecule has 2 rings (SSSR count). The van der Waals surface area contributed by atoms with Crippen molar-refractivity contribution in [1.29, 1.82) is 0 Å². The van der Waals surface area contributed by atoms with Gasteiger partial charge in [-0.05, 0) is 24.3 Å². The quantitative estimate of drug-likeness (QED) is 0.868. The first-order chi connectivity index (χ1) is 9.64. The van der Waals surface area contributed by atoms with Crippen molar-refractivity contribution in [3.8, 4) is 0 Å². The van der Waals surface area contributed by atoms with Gasteiger partial charge in [0.25, 0.3) is 5.91 Å². The number of aliphatic hydroxyl groups is 1. The zero-order valence-corrected chi connectivity index (χ0v) is 10.7. The molecule has 1 aromatic rings. The summed E-state index contributed by atoms with van der Waals surface area (Å²) in [6.45, 7) is -1.04. The highest BCUT2D eigenvalue weighted by Gasteiger charge is 2.57. The van der Waals surface area contributed by atoms with Crippen LogP contribution in [0, 0.1) is 0 Å². The van der Waals surface area contributed by atoms with Gasteiger partial charge in [-0.1, -0.05) is 0 Å². The van der Waals surface area contributed by atoms with Crippen LogP contribution in [0.4, 0.5) is 13.2 Å². The van der Waals surface area contributed by atoms with E-state index in [4.69, 9.17) is 5.11 Å². The number of carboxylic acid groups (broad SMARTS) is 1. The topological polar surface area (TPSA) is 77.8 Å². The number of aromatic carboxylic acids is 1. The smallest absolute Gasteiger partial charge is 0.419 e. The van der Waals surface area contributed by atoms with Crippen molar-refractivity contribution in [2.45, 2.75) is 18.2 Å². The van der Waals surface area contributed by atoms with Crippen LogP contribution in [-0.2, 0) is 0 Å². The van der Waals surface area contributed by atoms with E-state index in [-0.39, 0.29) is 17.7 Å². The van der Waals surface area contributed by atoms with E-state index >= 15 is 0 Å². The molecule has 1 amide bonds. The Bertz CT molecular complexity index is 570. The van der Waals surface area contributed by atoms with Gasteiger partial charge >= 0.3 is 12.1 Å². The number of rotatable bonds is 2. The standard InChI is InChI=1S/C13H12F3NO4/c14-13(15,16)12(21)5-6-17(7-12)10(18)8-1-3-9(4-2-8)11(19)20/h1-4,21H,5-7H2,(H,19,20). The zero-order valence-electron chi connectivity index (χ0n) is 10.7. The first-order valence-corrected chi connectivity index (χ1v) is 6.06. The predicted molar refractivity (Wildman–Crippen MR) is 64.9 cm³/mol. The van der Waals surface area contributed by atoms with Gasteiger partial charge in [0.15, 0.2) is 5.60 Å². The third kappa shape index (κ3) is 2.85. The molecule has 0 saturated carbocycles. The monoisotopic (exact) mass is 303 g/mol. The van der Waals surface area contributed by atoms with Crippen molar-refractivity contribution in [3.05, 3.63) is 35.4 Å². The van der Waals surface area contributed by atoms with Crippen LogP contribution in [0.5, 0.6) is 0 Å². The number of carboxylic acids is 1. The number of hydrogen-bond donors (Lipinski definition) is 2. The van der Waals surface area contributed by atoms with Crippen LogP contribution in [0.3, 0.4) is 0 Å². The normalized spacial score (nSPS) is 22.4. The van der Waals surface area contributed by atoms with E-state index in [0.717, 1.165) is 4.90 Å². The summed E-state index contributed by atoms with van der Waals surface area (Å²) in [4.78, 5) is 23.6. The van der Waals surface area contributed by atoms with Crippen molar-refractivity contribution in [1.82, 2.24) is 4.90 Å². The minimum Gasteiger partial charge on any atom is -0.478 e. The Labute approximate surface area is 117 Å². The summed E-state index contributed by atoms with van der Waals surface area (Å²) >= 11 is 0. The second kappa shape index (κ2) is 5.03. The fourth-order valence-corrected chi connectivity index (χ4v) is 2.14. The lowest BCUT2D eigenvalue weighted by Gasteiger charge is -2.25. The highest BCUT2D eigenvalue weighted by molar-refractivity contribution is 5.96. The van der Waals surface area contributed by atoms with Gasteiger partial charge < -0.3 is 15.1 Å². The molecule has 0 aliphatic carbocycles. The minimum absolute atomic E-state index is 0.0280. The highest BCUT2D eigenvalue weighted by Crippen LogP contribution is 2.37. The molecule has 1 heterocycles. The molecule has 1 atom stereocenters. The molecule has 1 aliphatic heterocycles. The summed E-state index contributed by atoms with van der Waals surface area (Å²) in [7, 11) is 0. The van der Waals surface area contributed by atoms with E-state index in [9.17, 15) is 27.9 Å². The van der Waals surface area contributed by atoms with Gasteiger partial charge in [0.1, 0.15) is 0 Å². The molecule has 0 bridgehead atoms. The molecule has 114 valence electrons. The minimum atomic E-state index is -4.80. The Morgan fingerprint density at radius 1 is 1.14 bits per heavy atom. The van der Waals surface area contributed by atoms with Gasteiger partial charge in [0.05, 0.1) is 12.1 Å². The Kier molecular flexibility index (Phi) is 3.66.